The van der Waals surface area contributed by atoms with E-state index in [0.717, 1.165) is 23.7 Å². The Balaban J connectivity index is 1.89. The van der Waals surface area contributed by atoms with E-state index in [4.69, 9.17) is 0 Å². The summed E-state index contributed by atoms with van der Waals surface area (Å²) in [5, 5.41) is 2.06. The highest BCUT2D eigenvalue weighted by molar-refractivity contribution is 7.89. The van der Waals surface area contributed by atoms with Crippen LogP contribution in [-0.4, -0.2) is 42.8 Å². The first-order valence-electron chi connectivity index (χ1n) is 7.80. The summed E-state index contributed by atoms with van der Waals surface area (Å²) in [7, 11) is -0.581. The second-order valence-electron chi connectivity index (χ2n) is 6.09. The van der Waals surface area contributed by atoms with Gasteiger partial charge in [-0.2, -0.15) is 0 Å². The Morgan fingerprint density at radius 3 is 2.75 bits per heavy atom. The summed E-state index contributed by atoms with van der Waals surface area (Å²) in [6.45, 7) is 1.30. The Labute approximate surface area is 146 Å². The lowest BCUT2D eigenvalue weighted by Gasteiger charge is -2.24. The highest BCUT2D eigenvalue weighted by Gasteiger charge is 2.27. The molecule has 1 fully saturated rings. The number of rotatable bonds is 5. The molecule has 3 heterocycles. The van der Waals surface area contributed by atoms with Gasteiger partial charge in [0.05, 0.1) is 11.6 Å². The molecule has 1 aliphatic heterocycles. The average Bonchev–Trinajstić information content (AvgIpc) is 3.19. The van der Waals surface area contributed by atoms with Gasteiger partial charge in [-0.1, -0.05) is 6.07 Å². The molecule has 0 saturated carbocycles. The molecule has 8 heteroatoms. The summed E-state index contributed by atoms with van der Waals surface area (Å²) in [6.07, 6.45) is 3.58. The highest BCUT2D eigenvalue weighted by Crippen LogP contribution is 2.34. The maximum Gasteiger partial charge on any atom is 0.251 e. The molecule has 3 rings (SSSR count). The van der Waals surface area contributed by atoms with E-state index >= 15 is 0 Å². The van der Waals surface area contributed by atoms with Crippen molar-refractivity contribution in [2.24, 2.45) is 0 Å². The van der Waals surface area contributed by atoms with Crippen molar-refractivity contribution in [3.05, 3.63) is 51.1 Å². The smallest absolute Gasteiger partial charge is 0.251 e. The summed E-state index contributed by atoms with van der Waals surface area (Å²) < 4.78 is 27.2. The van der Waals surface area contributed by atoms with E-state index in [2.05, 4.69) is 16.3 Å². The molecule has 0 radical (unpaired) electrons. The first kappa shape index (κ1) is 17.3. The molecule has 0 aliphatic carbocycles. The molecule has 2 aromatic rings. The third-order valence-corrected chi connectivity index (χ3v) is 7.08. The Hall–Kier alpha value is -1.48. The van der Waals surface area contributed by atoms with Crippen LogP contribution in [0.4, 0.5) is 0 Å². The van der Waals surface area contributed by atoms with Crippen LogP contribution < -0.4 is 5.56 Å². The largest absolute Gasteiger partial charge is 0.301 e. The number of nitrogens with zero attached hydrogens (tertiary/aromatic N) is 3. The summed E-state index contributed by atoms with van der Waals surface area (Å²) in [6, 6.07) is 7.14. The lowest BCUT2D eigenvalue weighted by molar-refractivity contribution is 0.201. The molecule has 0 spiro atoms. The number of hydrogen-bond donors (Lipinski definition) is 0. The maximum atomic E-state index is 12.3. The Kier molecular flexibility index (Phi) is 4.91. The van der Waals surface area contributed by atoms with Gasteiger partial charge in [-0.25, -0.2) is 12.7 Å². The highest BCUT2D eigenvalue weighted by atomic mass is 32.2. The van der Waals surface area contributed by atoms with Crippen molar-refractivity contribution in [1.29, 1.82) is 0 Å². The van der Waals surface area contributed by atoms with Gasteiger partial charge in [0, 0.05) is 43.8 Å². The topological polar surface area (TPSA) is 62.6 Å². The number of aromatic nitrogens is 1. The zero-order chi connectivity index (χ0) is 17.3. The normalized spacial score (nSPS) is 19.2. The van der Waals surface area contributed by atoms with Crippen molar-refractivity contribution in [2.75, 3.05) is 20.6 Å². The van der Waals surface area contributed by atoms with Crippen molar-refractivity contribution < 1.29 is 8.42 Å². The van der Waals surface area contributed by atoms with Gasteiger partial charge in [-0.3, -0.25) is 9.69 Å². The summed E-state index contributed by atoms with van der Waals surface area (Å²) in [4.78, 5) is 15.8. The molecule has 24 heavy (non-hydrogen) atoms. The van der Waals surface area contributed by atoms with Gasteiger partial charge in [-0.15, -0.1) is 11.3 Å². The number of likely N-dealkylation sites (tertiary alicyclic amines) is 1. The lowest BCUT2D eigenvalue weighted by atomic mass is 10.2. The van der Waals surface area contributed by atoms with E-state index in [9.17, 15) is 13.2 Å². The van der Waals surface area contributed by atoms with Crippen LogP contribution in [-0.2, 0) is 16.7 Å². The third-order valence-electron chi connectivity index (χ3n) is 4.30. The second kappa shape index (κ2) is 6.79. The van der Waals surface area contributed by atoms with Crippen LogP contribution in [0.15, 0.2) is 45.5 Å². The lowest BCUT2D eigenvalue weighted by Crippen LogP contribution is -2.32. The molecule has 130 valence electrons. The number of sulfonamides is 1. The predicted molar refractivity (Wildman–Crippen MR) is 94.6 cm³/mol. The van der Waals surface area contributed by atoms with Crippen LogP contribution in [0.25, 0.3) is 0 Å². The molecular formula is C16H21N3O3S2. The monoisotopic (exact) mass is 367 g/mol. The molecule has 1 saturated heterocycles. The van der Waals surface area contributed by atoms with E-state index in [0.29, 0.717) is 12.7 Å². The minimum Gasteiger partial charge on any atom is -0.301 e. The van der Waals surface area contributed by atoms with Gasteiger partial charge < -0.3 is 4.57 Å². The Morgan fingerprint density at radius 2 is 2.08 bits per heavy atom. The second-order valence-corrected chi connectivity index (χ2v) is 9.22. The quantitative estimate of drug-likeness (QED) is 0.810. The Morgan fingerprint density at radius 1 is 1.29 bits per heavy atom. The van der Waals surface area contributed by atoms with Crippen molar-refractivity contribution >= 4 is 21.4 Å². The van der Waals surface area contributed by atoms with Crippen molar-refractivity contribution in [2.45, 2.75) is 30.4 Å². The molecule has 1 aliphatic rings. The molecule has 1 atom stereocenters. The van der Waals surface area contributed by atoms with E-state index in [1.807, 2.05) is 6.07 Å². The van der Waals surface area contributed by atoms with Gasteiger partial charge in [0.2, 0.25) is 10.0 Å². The van der Waals surface area contributed by atoms with Crippen LogP contribution in [0.5, 0.6) is 0 Å². The molecule has 6 nitrogen and oxygen atoms in total. The van der Waals surface area contributed by atoms with Gasteiger partial charge in [0.15, 0.2) is 0 Å². The van der Waals surface area contributed by atoms with Gasteiger partial charge in [0.1, 0.15) is 0 Å². The van der Waals surface area contributed by atoms with E-state index in [1.54, 1.807) is 11.3 Å². The first-order chi connectivity index (χ1) is 11.4. The molecule has 0 amide bonds. The van der Waals surface area contributed by atoms with Gasteiger partial charge >= 0.3 is 0 Å². The third kappa shape index (κ3) is 3.32. The molecule has 2 aromatic heterocycles. The summed E-state index contributed by atoms with van der Waals surface area (Å²) in [5.41, 5.74) is -0.190. The fourth-order valence-electron chi connectivity index (χ4n) is 2.98. The number of thiophene rings is 1. The number of pyridine rings is 1. The number of hydrogen-bond acceptors (Lipinski definition) is 5. The summed E-state index contributed by atoms with van der Waals surface area (Å²) >= 11 is 1.72. The summed E-state index contributed by atoms with van der Waals surface area (Å²) in [5.74, 6) is 0. The van der Waals surface area contributed by atoms with Crippen LogP contribution >= 0.6 is 11.3 Å². The van der Waals surface area contributed by atoms with Gasteiger partial charge in [-0.05, 0) is 30.4 Å². The Bertz CT molecular complexity index is 857. The SMILES string of the molecule is CN(C)S(=O)(=O)c1ccc(=O)n(CN2CCC[C@H]2c2cccs2)c1. The minimum absolute atomic E-state index is 0.138. The predicted octanol–water partition coefficient (Wildman–Crippen LogP) is 1.95. The minimum atomic E-state index is -3.55. The molecule has 0 N–H and O–H groups in total. The van der Waals surface area contributed by atoms with E-state index in [1.165, 1.54) is 41.9 Å². The standard InChI is InChI=1S/C16H21N3O3S2/c1-17(2)24(21,22)13-7-8-16(20)19(11-13)12-18-9-3-5-14(18)15-6-4-10-23-15/h4,6-8,10-11,14H,3,5,9,12H2,1-2H3/t14-/m0/s1. The van der Waals surface area contributed by atoms with Crippen LogP contribution in [0.1, 0.15) is 23.8 Å². The molecule has 0 aromatic carbocycles. The molecule has 0 bridgehead atoms. The fraction of sp³-hybridized carbons (Fsp3) is 0.438. The van der Waals surface area contributed by atoms with Crippen molar-refractivity contribution in [3.63, 3.8) is 0 Å². The molecule has 0 unspecified atom stereocenters. The zero-order valence-electron chi connectivity index (χ0n) is 13.8. The maximum absolute atomic E-state index is 12.3. The zero-order valence-corrected chi connectivity index (χ0v) is 15.4. The van der Waals surface area contributed by atoms with Gasteiger partial charge in [0.25, 0.3) is 5.56 Å². The van der Waals surface area contributed by atoms with Crippen LogP contribution in [0.2, 0.25) is 0 Å². The first-order valence-corrected chi connectivity index (χ1v) is 10.1. The van der Waals surface area contributed by atoms with Crippen molar-refractivity contribution in [3.8, 4) is 0 Å². The van der Waals surface area contributed by atoms with E-state index < -0.39 is 10.0 Å². The fourth-order valence-corrected chi connectivity index (χ4v) is 4.80. The van der Waals surface area contributed by atoms with E-state index in [-0.39, 0.29) is 10.5 Å². The van der Waals surface area contributed by atoms with Crippen LogP contribution in [0, 0.1) is 0 Å². The van der Waals surface area contributed by atoms with Crippen molar-refractivity contribution in [1.82, 2.24) is 13.8 Å². The molecular weight excluding hydrogens is 346 g/mol. The average molecular weight is 367 g/mol. The van der Waals surface area contributed by atoms with Crippen LogP contribution in [0.3, 0.4) is 0 Å².